The van der Waals surface area contributed by atoms with E-state index >= 15 is 0 Å². The minimum Gasteiger partial charge on any atom is -0.365 e. The maximum atomic E-state index is 4.10. The molecule has 0 amide bonds. The van der Waals surface area contributed by atoms with Crippen molar-refractivity contribution in [3.8, 4) is 0 Å². The van der Waals surface area contributed by atoms with Gasteiger partial charge in [-0.1, -0.05) is 147 Å². The fraction of sp³-hybridized carbons (Fsp3) is 0.591. The van der Waals surface area contributed by atoms with Crippen LogP contribution in [0.3, 0.4) is 0 Å². The van der Waals surface area contributed by atoms with Gasteiger partial charge in [-0.15, -0.1) is 0 Å². The van der Waals surface area contributed by atoms with Gasteiger partial charge in [-0.2, -0.15) is 0 Å². The van der Waals surface area contributed by atoms with Crippen LogP contribution in [-0.4, -0.2) is 105 Å². The molecule has 0 N–H and O–H groups in total. The van der Waals surface area contributed by atoms with Crippen LogP contribution in [-0.2, 0) is 0 Å². The van der Waals surface area contributed by atoms with Crippen LogP contribution in [0.1, 0.15) is 54.9 Å². The first-order valence-electron chi connectivity index (χ1n) is 22.4. The molecule has 62 heavy (non-hydrogen) atoms. The van der Waals surface area contributed by atoms with E-state index in [1.807, 2.05) is 87.5 Å². The maximum absolute atomic E-state index is 4.10. The summed E-state index contributed by atoms with van der Waals surface area (Å²) in [6.07, 6.45) is 36.3. The van der Waals surface area contributed by atoms with Crippen molar-refractivity contribution in [2.45, 2.75) is 169 Å². The number of hydrogen-bond acceptors (Lipinski definition) is 6. The Morgan fingerprint density at radius 2 is 0.710 bits per heavy atom. The second-order valence-electron chi connectivity index (χ2n) is 21.5. The van der Waals surface area contributed by atoms with Gasteiger partial charge in [0.15, 0.2) is 49.4 Å². The first-order chi connectivity index (χ1) is 28.4. The Morgan fingerprint density at radius 3 is 0.935 bits per heavy atom. The van der Waals surface area contributed by atoms with E-state index in [2.05, 4.69) is 220 Å². The summed E-state index contributed by atoms with van der Waals surface area (Å²) in [5.74, 6) is 0. The van der Waals surface area contributed by atoms with Crippen molar-refractivity contribution in [3.05, 3.63) is 112 Å². The van der Waals surface area contributed by atoms with Gasteiger partial charge >= 0.3 is 0 Å². The molecule has 6 aromatic heterocycles. The monoisotopic (exact) mass is 953 g/mol. The molecule has 0 aliphatic carbocycles. The van der Waals surface area contributed by atoms with E-state index in [-0.39, 0.29) is 0 Å². The van der Waals surface area contributed by atoms with Crippen molar-refractivity contribution in [2.24, 2.45) is 0 Å². The normalized spacial score (nSPS) is 12.3. The summed E-state index contributed by atoms with van der Waals surface area (Å²) in [4.78, 5) is 24.2. The molecule has 6 heterocycles. The van der Waals surface area contributed by atoms with E-state index in [0.717, 1.165) is 5.54 Å². The fourth-order valence-electron chi connectivity index (χ4n) is 5.34. The van der Waals surface area contributed by atoms with Gasteiger partial charge in [-0.25, -0.2) is 29.9 Å². The largest absolute Gasteiger partial charge is 0.365 e. The molecule has 0 aliphatic heterocycles. The van der Waals surface area contributed by atoms with Crippen LogP contribution in [0.4, 0.5) is 0 Å². The van der Waals surface area contributed by atoms with Crippen LogP contribution in [0.5, 0.6) is 0 Å². The summed E-state index contributed by atoms with van der Waals surface area (Å²) >= 11 is 0. The van der Waals surface area contributed by atoms with Gasteiger partial charge in [-0.3, -0.25) is 0 Å². The predicted molar refractivity (Wildman–Crippen MR) is 283 cm³/mol. The smallest absolute Gasteiger partial charge is 0.162 e. The zero-order chi connectivity index (χ0) is 47.6. The molecule has 0 unspecified atom stereocenters. The summed E-state index contributed by atoms with van der Waals surface area (Å²) in [5.41, 5.74) is 0.761. The van der Waals surface area contributed by atoms with Crippen LogP contribution in [0.2, 0.25) is 114 Å². The number of hydrogen-bond donors (Lipinski definition) is 0. The van der Waals surface area contributed by atoms with Crippen molar-refractivity contribution < 1.29 is 0 Å². The van der Waals surface area contributed by atoms with Crippen molar-refractivity contribution >= 4 is 49.4 Å². The standard InChI is InChI=1S/C9H18N2Si.2C8H16N2Si.C7H14N2Si.2C6H12N2Si/c1-9(2,3)12(4,5)11-7-6-10-8-11;1-8(2)11(3,4)10-6-5-9-7-10;1-4-7-11(2,3)10-6-5-9-8-10;1-4-10(2,3)9-6-5-8-7-9;2*1-9(2,3)8-5-4-7-6-8/h6-8H,1-5H3;5-8H,1-4H3;5-6,8H,4,7H2,1-3H3;5-7H,4H2,1-3H3;2*4-6H,1-3H3. The molecule has 6 aromatic rings. The highest BCUT2D eigenvalue weighted by Crippen LogP contribution is 2.36. The highest BCUT2D eigenvalue weighted by atomic mass is 28.3. The zero-order valence-electron chi connectivity index (χ0n) is 43.0. The van der Waals surface area contributed by atoms with Crippen molar-refractivity contribution in [1.82, 2.24) is 55.3 Å². The Kier molecular flexibility index (Phi) is 22.4. The average Bonchev–Trinajstić information content (AvgIpc) is 4.04. The topological polar surface area (TPSA) is 107 Å². The van der Waals surface area contributed by atoms with Gasteiger partial charge in [0.05, 0.1) is 38.0 Å². The van der Waals surface area contributed by atoms with Gasteiger partial charge in [0, 0.05) is 74.4 Å². The van der Waals surface area contributed by atoms with Crippen molar-refractivity contribution in [3.63, 3.8) is 0 Å². The van der Waals surface area contributed by atoms with Crippen LogP contribution in [0.15, 0.2) is 112 Å². The van der Waals surface area contributed by atoms with Gasteiger partial charge < -0.3 is 25.4 Å². The molecule has 0 bridgehead atoms. The van der Waals surface area contributed by atoms with Gasteiger partial charge in [0.1, 0.15) is 0 Å². The molecule has 0 radical (unpaired) electrons. The highest BCUT2D eigenvalue weighted by molar-refractivity contribution is 6.79. The minimum absolute atomic E-state index is 0.383. The molecule has 0 saturated carbocycles. The third-order valence-electron chi connectivity index (χ3n) is 12.3. The second-order valence-corrected chi connectivity index (χ2v) is 50.8. The number of rotatable bonds is 10. The van der Waals surface area contributed by atoms with E-state index in [1.54, 1.807) is 0 Å². The lowest BCUT2D eigenvalue weighted by Gasteiger charge is -2.37. The molecule has 6 rings (SSSR count). The lowest BCUT2D eigenvalue weighted by Crippen LogP contribution is -2.44. The molecule has 0 fully saturated rings. The lowest BCUT2D eigenvalue weighted by molar-refractivity contribution is 0.699. The molecule has 18 heteroatoms. The number of aromatic nitrogens is 12. The number of imidazole rings is 6. The highest BCUT2D eigenvalue weighted by Gasteiger charge is 2.37. The molecule has 0 saturated heterocycles. The summed E-state index contributed by atoms with van der Waals surface area (Å²) in [5, 5.41) is 0.383. The summed E-state index contributed by atoms with van der Waals surface area (Å²) < 4.78 is 13.6. The van der Waals surface area contributed by atoms with E-state index in [4.69, 9.17) is 0 Å². The first-order valence-corrected chi connectivity index (χ1v) is 41.5. The summed E-state index contributed by atoms with van der Waals surface area (Å²) in [6, 6.07) is 2.60. The van der Waals surface area contributed by atoms with E-state index < -0.39 is 49.4 Å². The molecule has 0 atom stereocenters. The van der Waals surface area contributed by atoms with Crippen molar-refractivity contribution in [2.75, 3.05) is 0 Å². The van der Waals surface area contributed by atoms with Crippen molar-refractivity contribution in [1.29, 1.82) is 0 Å². The van der Waals surface area contributed by atoms with E-state index in [0.29, 0.717) is 5.04 Å². The Balaban J connectivity index is 0.000000373. The third kappa shape index (κ3) is 18.7. The fourth-order valence-corrected chi connectivity index (χ4v) is 13.7. The average molecular weight is 954 g/mol. The van der Waals surface area contributed by atoms with Crippen LogP contribution >= 0.6 is 0 Å². The molecular formula is C44H88N12Si6. The third-order valence-corrected chi connectivity index (χ3v) is 32.3. The SMILES string of the molecule is CC(C)(C)[Si](C)(C)n1ccnc1.CC(C)[Si](C)(C)n1ccnc1.CCC[Si](C)(C)n1ccnc1.CC[Si](C)(C)n1ccnc1.C[Si](C)(C)n1ccnc1.C[Si](C)(C)n1ccnc1. The summed E-state index contributed by atoms with van der Waals surface area (Å²) in [7, 11) is -7.20. The quantitative estimate of drug-likeness (QED) is 0.127. The van der Waals surface area contributed by atoms with Gasteiger partial charge in [0.2, 0.25) is 0 Å². The molecule has 348 valence electrons. The second kappa shape index (κ2) is 24.6. The molecule has 0 aliphatic rings. The Bertz CT molecular complexity index is 1900. The zero-order valence-corrected chi connectivity index (χ0v) is 49.0. The van der Waals surface area contributed by atoms with Crippen LogP contribution in [0.25, 0.3) is 0 Å². The van der Waals surface area contributed by atoms with Crippen LogP contribution in [0, 0.1) is 0 Å². The number of nitrogens with zero attached hydrogens (tertiary/aromatic N) is 12. The molecule has 12 nitrogen and oxygen atoms in total. The minimum atomic E-state index is -1.37. The molecule has 0 spiro atoms. The Morgan fingerprint density at radius 1 is 0.419 bits per heavy atom. The maximum Gasteiger partial charge on any atom is 0.162 e. The van der Waals surface area contributed by atoms with E-state index in [1.165, 1.54) is 18.5 Å². The van der Waals surface area contributed by atoms with Crippen LogP contribution < -0.4 is 0 Å². The first kappa shape index (κ1) is 56.6. The Labute approximate surface area is 384 Å². The van der Waals surface area contributed by atoms with Gasteiger partial charge in [-0.05, 0) is 22.7 Å². The van der Waals surface area contributed by atoms with Gasteiger partial charge in [0.25, 0.3) is 0 Å². The predicted octanol–water partition coefficient (Wildman–Crippen LogP) is 12.5. The Hall–Kier alpha value is -3.44. The molecular weight excluding hydrogens is 865 g/mol. The van der Waals surface area contributed by atoms with E-state index in [9.17, 15) is 0 Å². The summed E-state index contributed by atoms with van der Waals surface area (Å²) in [6.45, 7) is 48.6. The lowest BCUT2D eigenvalue weighted by atomic mass is 10.2. The molecule has 0 aromatic carbocycles.